The van der Waals surface area contributed by atoms with Gasteiger partial charge in [-0.15, -0.1) is 5.10 Å². The Hall–Kier alpha value is -2.44. The zero-order valence-electron chi connectivity index (χ0n) is 19.6. The maximum atomic E-state index is 13.6. The van der Waals surface area contributed by atoms with Gasteiger partial charge in [-0.25, -0.2) is 21.8 Å². The summed E-state index contributed by atoms with van der Waals surface area (Å²) in [6.45, 7) is 5.99. The molecule has 8 nitrogen and oxygen atoms in total. The van der Waals surface area contributed by atoms with Crippen molar-refractivity contribution in [1.82, 2.24) is 23.6 Å². The number of benzene rings is 2. The molecule has 0 radical (unpaired) electrons. The third-order valence-electron chi connectivity index (χ3n) is 5.62. The largest absolute Gasteiger partial charge is 0.373 e. The van der Waals surface area contributed by atoms with E-state index in [4.69, 9.17) is 22.1 Å². The van der Waals surface area contributed by atoms with E-state index in [1.165, 1.54) is 26.2 Å². The molecule has 1 aromatic heterocycles. The molecule has 1 fully saturated rings. The fraction of sp³-hybridized carbons (Fsp3) is 0.391. The molecular weight excluding hydrogens is 477 g/mol. The van der Waals surface area contributed by atoms with E-state index in [0.717, 1.165) is 17.4 Å². The average Bonchev–Trinajstić information content (AvgIpc) is 3.09. The van der Waals surface area contributed by atoms with Gasteiger partial charge in [0.15, 0.2) is 5.82 Å². The van der Waals surface area contributed by atoms with Crippen molar-refractivity contribution in [3.05, 3.63) is 59.1 Å². The fourth-order valence-electron chi connectivity index (χ4n) is 4.11. The lowest BCUT2D eigenvalue weighted by molar-refractivity contribution is -0.0777. The minimum atomic E-state index is -3.64. The van der Waals surface area contributed by atoms with Crippen LogP contribution in [0.5, 0.6) is 0 Å². The first-order valence-electron chi connectivity index (χ1n) is 10.9. The van der Waals surface area contributed by atoms with E-state index >= 15 is 0 Å². The first-order valence-corrected chi connectivity index (χ1v) is 12.8. The van der Waals surface area contributed by atoms with E-state index in [2.05, 4.69) is 4.90 Å². The van der Waals surface area contributed by atoms with Crippen LogP contribution in [-0.2, 0) is 21.4 Å². The van der Waals surface area contributed by atoms with E-state index in [1.807, 2.05) is 13.8 Å². The molecule has 3 aromatic rings. The molecule has 1 saturated heterocycles. The number of nitrogens with zero attached hydrogens (tertiary/aromatic N) is 5. The van der Waals surface area contributed by atoms with Crippen molar-refractivity contribution >= 4 is 22.2 Å². The van der Waals surface area contributed by atoms with Crippen molar-refractivity contribution < 1.29 is 17.5 Å². The quantitative estimate of drug-likeness (QED) is 0.478. The van der Waals surface area contributed by atoms with E-state index in [1.54, 1.807) is 45.6 Å². The molecular formula is C23H28FN5O3S2. The van der Waals surface area contributed by atoms with Crippen molar-refractivity contribution in [3.8, 4) is 17.1 Å². The van der Waals surface area contributed by atoms with Crippen LogP contribution in [0.4, 0.5) is 4.39 Å². The van der Waals surface area contributed by atoms with Crippen LogP contribution < -0.4 is 0 Å². The third kappa shape index (κ3) is 4.98. The number of aromatic nitrogens is 3. The molecule has 1 aliphatic rings. The molecule has 4 rings (SSSR count). The molecule has 0 amide bonds. The van der Waals surface area contributed by atoms with Crippen molar-refractivity contribution in [2.45, 2.75) is 37.6 Å². The Labute approximate surface area is 204 Å². The lowest BCUT2D eigenvalue weighted by Gasteiger charge is -2.34. The summed E-state index contributed by atoms with van der Waals surface area (Å²) in [6.07, 6.45) is 0.175. The number of ether oxygens (including phenoxy) is 1. The molecule has 0 spiro atoms. The Balaban J connectivity index is 1.83. The molecule has 0 bridgehead atoms. The zero-order valence-corrected chi connectivity index (χ0v) is 21.2. The van der Waals surface area contributed by atoms with Crippen LogP contribution in [0.15, 0.2) is 53.4 Å². The van der Waals surface area contributed by atoms with Gasteiger partial charge in [-0.2, -0.15) is 0 Å². The minimum absolute atomic E-state index is 0.0875. The van der Waals surface area contributed by atoms with Gasteiger partial charge in [0, 0.05) is 32.7 Å². The summed E-state index contributed by atoms with van der Waals surface area (Å²) in [7, 11) is -0.663. The van der Waals surface area contributed by atoms with E-state index in [-0.39, 0.29) is 22.9 Å². The van der Waals surface area contributed by atoms with Gasteiger partial charge >= 0.3 is 0 Å². The summed E-state index contributed by atoms with van der Waals surface area (Å²) >= 11 is 5.79. The van der Waals surface area contributed by atoms with Crippen molar-refractivity contribution in [2.75, 3.05) is 27.2 Å². The van der Waals surface area contributed by atoms with Crippen LogP contribution in [0.2, 0.25) is 0 Å². The SMILES string of the molecule is C[C@@H]1CN(Cn2nc(-c3cccc(S(=O)(=O)N(C)C)c3)n(-c3ccc(F)cc3)c2=S)C[C@@H](C)O1. The highest BCUT2D eigenvalue weighted by Crippen LogP contribution is 2.26. The highest BCUT2D eigenvalue weighted by molar-refractivity contribution is 7.89. The Morgan fingerprint density at radius 2 is 1.76 bits per heavy atom. The van der Waals surface area contributed by atoms with Gasteiger partial charge in [0.05, 0.1) is 29.5 Å². The van der Waals surface area contributed by atoms with Crippen LogP contribution in [-0.4, -0.2) is 71.4 Å². The molecule has 2 aromatic carbocycles. The predicted molar refractivity (Wildman–Crippen MR) is 130 cm³/mol. The average molecular weight is 506 g/mol. The second-order valence-corrected chi connectivity index (χ2v) is 11.2. The molecule has 34 heavy (non-hydrogen) atoms. The van der Waals surface area contributed by atoms with Gasteiger partial charge < -0.3 is 4.74 Å². The second kappa shape index (κ2) is 9.67. The molecule has 0 N–H and O–H groups in total. The zero-order chi connectivity index (χ0) is 24.6. The van der Waals surface area contributed by atoms with Crippen LogP contribution in [0.3, 0.4) is 0 Å². The third-order valence-corrected chi connectivity index (χ3v) is 7.83. The number of hydrogen-bond acceptors (Lipinski definition) is 6. The Bertz CT molecular complexity index is 1330. The van der Waals surface area contributed by atoms with Crippen LogP contribution in [0.1, 0.15) is 13.8 Å². The monoisotopic (exact) mass is 505 g/mol. The maximum absolute atomic E-state index is 13.6. The van der Waals surface area contributed by atoms with Crippen molar-refractivity contribution in [1.29, 1.82) is 0 Å². The molecule has 2 atom stereocenters. The normalized spacial score (nSPS) is 19.6. The Kier molecular flexibility index (Phi) is 7.02. The maximum Gasteiger partial charge on any atom is 0.242 e. The van der Waals surface area contributed by atoms with E-state index in [0.29, 0.717) is 28.5 Å². The summed E-state index contributed by atoms with van der Waals surface area (Å²) in [5.41, 5.74) is 1.22. The van der Waals surface area contributed by atoms with Gasteiger partial charge in [-0.3, -0.25) is 9.47 Å². The molecule has 0 aliphatic carbocycles. The number of morpholine rings is 1. The topological polar surface area (TPSA) is 72.6 Å². The molecule has 182 valence electrons. The number of rotatable bonds is 6. The van der Waals surface area contributed by atoms with E-state index in [9.17, 15) is 12.8 Å². The molecule has 0 unspecified atom stereocenters. The Morgan fingerprint density at radius 1 is 1.12 bits per heavy atom. The van der Waals surface area contributed by atoms with Crippen LogP contribution >= 0.6 is 12.2 Å². The lowest BCUT2D eigenvalue weighted by Crippen LogP contribution is -2.46. The smallest absolute Gasteiger partial charge is 0.242 e. The minimum Gasteiger partial charge on any atom is -0.373 e. The lowest BCUT2D eigenvalue weighted by atomic mass is 10.2. The summed E-state index contributed by atoms with van der Waals surface area (Å²) < 4.78 is 49.9. The van der Waals surface area contributed by atoms with Gasteiger partial charge in [0.2, 0.25) is 14.8 Å². The summed E-state index contributed by atoms with van der Waals surface area (Å²) in [5, 5.41) is 4.78. The van der Waals surface area contributed by atoms with Gasteiger partial charge in [0.25, 0.3) is 0 Å². The number of halogens is 1. The number of hydrogen-bond donors (Lipinski definition) is 0. The first-order chi connectivity index (χ1) is 16.1. The Morgan fingerprint density at radius 3 is 2.38 bits per heavy atom. The molecule has 1 aliphatic heterocycles. The predicted octanol–water partition coefficient (Wildman–Crippen LogP) is 3.53. The number of sulfonamides is 1. The second-order valence-electron chi connectivity index (χ2n) is 8.67. The summed E-state index contributed by atoms with van der Waals surface area (Å²) in [4.78, 5) is 2.37. The highest BCUT2D eigenvalue weighted by atomic mass is 32.2. The molecule has 11 heteroatoms. The van der Waals surface area contributed by atoms with E-state index < -0.39 is 10.0 Å². The first kappa shape index (κ1) is 24.7. The van der Waals surface area contributed by atoms with Crippen molar-refractivity contribution in [3.63, 3.8) is 0 Å². The van der Waals surface area contributed by atoms with Crippen LogP contribution in [0, 0.1) is 10.6 Å². The molecule has 2 heterocycles. The summed E-state index contributed by atoms with van der Waals surface area (Å²) in [6, 6.07) is 12.6. The van der Waals surface area contributed by atoms with Crippen LogP contribution in [0.25, 0.3) is 17.1 Å². The highest BCUT2D eigenvalue weighted by Gasteiger charge is 2.25. The fourth-order valence-corrected chi connectivity index (χ4v) is 5.34. The van der Waals surface area contributed by atoms with Gasteiger partial charge in [-0.05, 0) is 62.5 Å². The summed E-state index contributed by atoms with van der Waals surface area (Å²) in [5.74, 6) is 0.112. The molecule has 0 saturated carbocycles. The standard InChI is InChI=1S/C23H28FN5O3S2/c1-16-13-27(14-17(2)32-16)15-28-23(33)29(20-10-8-19(24)9-11-20)22(25-28)18-6-5-7-21(12-18)34(30,31)26(3)4/h5-12,16-17H,13-15H2,1-4H3/t16-,17-/m1/s1. The van der Waals surface area contributed by atoms with Gasteiger partial charge in [0.1, 0.15) is 5.82 Å². The van der Waals surface area contributed by atoms with Crippen molar-refractivity contribution in [2.24, 2.45) is 0 Å². The van der Waals surface area contributed by atoms with Gasteiger partial charge in [-0.1, -0.05) is 12.1 Å².